The summed E-state index contributed by atoms with van der Waals surface area (Å²) in [6.07, 6.45) is 0.909. The van der Waals surface area contributed by atoms with Crippen LogP contribution in [0.15, 0.2) is 30.3 Å². The SMILES string of the molecule is C[N+](C)(C)CCCNc1ccc(N)c2c1C(=O)c1c(O)cccc1C2=O. The summed E-state index contributed by atoms with van der Waals surface area (Å²) in [4.78, 5) is 25.9. The fraction of sp³-hybridized carbons (Fsp3) is 0.300. The molecule has 2 aromatic carbocycles. The predicted octanol–water partition coefficient (Wildman–Crippen LogP) is 2.26. The largest absolute Gasteiger partial charge is 0.507 e. The Labute approximate surface area is 152 Å². The molecule has 4 N–H and O–H groups in total. The number of nitrogens with one attached hydrogen (secondary N) is 1. The number of rotatable bonds is 5. The van der Waals surface area contributed by atoms with Crippen LogP contribution in [0.1, 0.15) is 38.3 Å². The smallest absolute Gasteiger partial charge is 0.200 e. The van der Waals surface area contributed by atoms with E-state index in [4.69, 9.17) is 5.73 Å². The number of carbonyl (C=O) groups excluding carboxylic acids is 2. The van der Waals surface area contributed by atoms with E-state index in [1.165, 1.54) is 6.07 Å². The van der Waals surface area contributed by atoms with Crippen molar-refractivity contribution in [2.24, 2.45) is 0 Å². The van der Waals surface area contributed by atoms with E-state index in [-0.39, 0.29) is 45.3 Å². The number of phenols is 1. The summed E-state index contributed by atoms with van der Waals surface area (Å²) in [5.41, 5.74) is 7.54. The Bertz CT molecular complexity index is 898. The molecule has 2 aromatic rings. The van der Waals surface area contributed by atoms with Crippen molar-refractivity contribution in [3.05, 3.63) is 52.6 Å². The third kappa shape index (κ3) is 3.15. The van der Waals surface area contributed by atoms with Crippen LogP contribution in [0.25, 0.3) is 0 Å². The number of anilines is 2. The second-order valence-corrected chi connectivity index (χ2v) is 7.60. The molecule has 1 aliphatic rings. The van der Waals surface area contributed by atoms with Crippen molar-refractivity contribution in [3.8, 4) is 5.75 Å². The molecule has 0 spiro atoms. The summed E-state index contributed by atoms with van der Waals surface area (Å²) in [5, 5.41) is 13.4. The molecule has 0 radical (unpaired) electrons. The Kier molecular flexibility index (Phi) is 4.46. The number of aromatic hydroxyl groups is 1. The molecule has 0 aromatic heterocycles. The van der Waals surface area contributed by atoms with Gasteiger partial charge in [0.25, 0.3) is 0 Å². The van der Waals surface area contributed by atoms with Crippen LogP contribution in [0.2, 0.25) is 0 Å². The van der Waals surface area contributed by atoms with Crippen LogP contribution in [0.3, 0.4) is 0 Å². The minimum atomic E-state index is -0.380. The monoisotopic (exact) mass is 354 g/mol. The van der Waals surface area contributed by atoms with Crippen molar-refractivity contribution >= 4 is 22.9 Å². The van der Waals surface area contributed by atoms with Crippen LogP contribution in [-0.2, 0) is 0 Å². The maximum Gasteiger partial charge on any atom is 0.200 e. The van der Waals surface area contributed by atoms with Crippen LogP contribution in [0.5, 0.6) is 5.75 Å². The van der Waals surface area contributed by atoms with Gasteiger partial charge in [0, 0.05) is 29.9 Å². The van der Waals surface area contributed by atoms with Gasteiger partial charge in [-0.15, -0.1) is 0 Å². The van der Waals surface area contributed by atoms with Crippen LogP contribution in [0, 0.1) is 0 Å². The number of fused-ring (bicyclic) bond motifs is 2. The molecule has 26 heavy (non-hydrogen) atoms. The van der Waals surface area contributed by atoms with Crippen molar-refractivity contribution < 1.29 is 19.2 Å². The summed E-state index contributed by atoms with van der Waals surface area (Å²) in [5.74, 6) is -0.906. The Morgan fingerprint density at radius 1 is 1.00 bits per heavy atom. The lowest BCUT2D eigenvalue weighted by molar-refractivity contribution is -0.870. The summed E-state index contributed by atoms with van der Waals surface area (Å²) >= 11 is 0. The van der Waals surface area contributed by atoms with E-state index < -0.39 is 0 Å². The number of ketones is 2. The zero-order chi connectivity index (χ0) is 19.1. The molecule has 0 bridgehead atoms. The highest BCUT2D eigenvalue weighted by atomic mass is 16.3. The standard InChI is InChI=1S/C20H23N3O3/c1-23(2,3)11-5-10-22-14-9-8-13(21)17-18(14)20(26)16-12(19(17)25)6-4-7-15(16)24/h4,6-9H,5,10-11H2,1-3H3,(H3-,21,22,24,25,26)/p+1. The van der Waals surface area contributed by atoms with E-state index in [2.05, 4.69) is 26.5 Å². The number of hydrogen-bond acceptors (Lipinski definition) is 5. The lowest BCUT2D eigenvalue weighted by atomic mass is 9.82. The van der Waals surface area contributed by atoms with Gasteiger partial charge >= 0.3 is 0 Å². The average molecular weight is 354 g/mol. The maximum absolute atomic E-state index is 13.0. The Balaban J connectivity index is 1.98. The van der Waals surface area contributed by atoms with Gasteiger partial charge in [0.05, 0.1) is 44.4 Å². The molecule has 0 atom stereocenters. The first-order valence-electron chi connectivity index (χ1n) is 8.59. The number of nitrogens with two attached hydrogens (primary N) is 1. The number of quaternary nitrogens is 1. The highest BCUT2D eigenvalue weighted by Gasteiger charge is 2.35. The van der Waals surface area contributed by atoms with Crippen LogP contribution < -0.4 is 11.1 Å². The van der Waals surface area contributed by atoms with Crippen LogP contribution in [0.4, 0.5) is 11.4 Å². The van der Waals surface area contributed by atoms with Gasteiger partial charge in [0.1, 0.15) is 5.75 Å². The zero-order valence-corrected chi connectivity index (χ0v) is 15.3. The predicted molar refractivity (Wildman–Crippen MR) is 102 cm³/mol. The fourth-order valence-corrected chi connectivity index (χ4v) is 3.25. The summed E-state index contributed by atoms with van der Waals surface area (Å²) in [7, 11) is 6.35. The molecule has 6 heteroatoms. The van der Waals surface area contributed by atoms with Crippen molar-refractivity contribution in [2.45, 2.75) is 6.42 Å². The quantitative estimate of drug-likeness (QED) is 0.371. The Hall–Kier alpha value is -2.86. The molecule has 0 unspecified atom stereocenters. The molecule has 0 saturated heterocycles. The van der Waals surface area contributed by atoms with Gasteiger partial charge < -0.3 is 20.6 Å². The molecule has 3 rings (SSSR count). The number of carbonyl (C=O) groups is 2. The van der Waals surface area contributed by atoms with Crippen molar-refractivity contribution in [1.82, 2.24) is 0 Å². The minimum Gasteiger partial charge on any atom is -0.507 e. The zero-order valence-electron chi connectivity index (χ0n) is 15.3. The Morgan fingerprint density at radius 2 is 1.73 bits per heavy atom. The molecule has 0 amide bonds. The van der Waals surface area contributed by atoms with E-state index in [1.54, 1.807) is 24.3 Å². The number of benzene rings is 2. The second-order valence-electron chi connectivity index (χ2n) is 7.60. The first-order valence-corrected chi connectivity index (χ1v) is 8.59. The minimum absolute atomic E-state index is 0.0463. The molecule has 0 heterocycles. The van der Waals surface area contributed by atoms with Crippen molar-refractivity contribution in [1.29, 1.82) is 0 Å². The molecular formula is C20H24N3O3+. The van der Waals surface area contributed by atoms with Gasteiger partial charge in [-0.25, -0.2) is 0 Å². The highest BCUT2D eigenvalue weighted by molar-refractivity contribution is 6.32. The molecule has 136 valence electrons. The van der Waals surface area contributed by atoms with E-state index in [1.807, 2.05) is 0 Å². The third-order valence-corrected chi connectivity index (χ3v) is 4.53. The molecule has 6 nitrogen and oxygen atoms in total. The molecule has 0 fully saturated rings. The van der Waals surface area contributed by atoms with Gasteiger partial charge in [0.15, 0.2) is 11.6 Å². The number of phenolic OH excluding ortho intramolecular Hbond substituents is 1. The number of nitrogens with zero attached hydrogens (tertiary/aromatic N) is 1. The second kappa shape index (κ2) is 6.46. The van der Waals surface area contributed by atoms with E-state index in [0.29, 0.717) is 12.2 Å². The maximum atomic E-state index is 13.0. The summed E-state index contributed by atoms with van der Waals surface area (Å²) in [6, 6.07) is 7.86. The molecular weight excluding hydrogens is 330 g/mol. The summed E-state index contributed by atoms with van der Waals surface area (Å²) < 4.78 is 0.847. The van der Waals surface area contributed by atoms with Crippen LogP contribution in [-0.4, -0.2) is 55.4 Å². The van der Waals surface area contributed by atoms with Gasteiger partial charge in [-0.3, -0.25) is 9.59 Å². The van der Waals surface area contributed by atoms with Crippen molar-refractivity contribution in [3.63, 3.8) is 0 Å². The normalized spacial score (nSPS) is 13.3. The molecule has 1 aliphatic carbocycles. The van der Waals surface area contributed by atoms with Gasteiger partial charge in [-0.05, 0) is 18.2 Å². The first-order chi connectivity index (χ1) is 12.2. The first kappa shape index (κ1) is 17.9. The van der Waals surface area contributed by atoms with Gasteiger partial charge in [-0.2, -0.15) is 0 Å². The van der Waals surface area contributed by atoms with Crippen molar-refractivity contribution in [2.75, 3.05) is 45.3 Å². The topological polar surface area (TPSA) is 92.4 Å². The average Bonchev–Trinajstić information content (AvgIpc) is 2.56. The lowest BCUT2D eigenvalue weighted by Crippen LogP contribution is -2.36. The molecule has 0 aliphatic heterocycles. The third-order valence-electron chi connectivity index (χ3n) is 4.53. The van der Waals surface area contributed by atoms with E-state index in [9.17, 15) is 14.7 Å². The van der Waals surface area contributed by atoms with E-state index >= 15 is 0 Å². The Morgan fingerprint density at radius 3 is 2.42 bits per heavy atom. The fourth-order valence-electron chi connectivity index (χ4n) is 3.25. The van der Waals surface area contributed by atoms with Gasteiger partial charge in [-0.1, -0.05) is 12.1 Å². The van der Waals surface area contributed by atoms with E-state index in [0.717, 1.165) is 17.4 Å². The lowest BCUT2D eigenvalue weighted by Gasteiger charge is -2.25. The highest BCUT2D eigenvalue weighted by Crippen LogP contribution is 2.38. The number of nitrogen functional groups attached to an aromatic ring is 1. The number of hydrogen-bond donors (Lipinski definition) is 3. The molecule has 0 saturated carbocycles. The van der Waals surface area contributed by atoms with Gasteiger partial charge in [0.2, 0.25) is 0 Å². The van der Waals surface area contributed by atoms with Crippen LogP contribution >= 0.6 is 0 Å². The summed E-state index contributed by atoms with van der Waals surface area (Å²) in [6.45, 7) is 1.64.